The minimum absolute atomic E-state index is 0.546. The molecule has 0 aromatic heterocycles. The van der Waals surface area contributed by atoms with Crippen LogP contribution in [0, 0.1) is 16.9 Å². The summed E-state index contributed by atoms with van der Waals surface area (Å²) < 4.78 is 0. The van der Waals surface area contributed by atoms with Gasteiger partial charge in [-0.15, -0.1) is 0 Å². The highest BCUT2D eigenvalue weighted by Crippen LogP contribution is 2.54. The number of hydrogen-bond acceptors (Lipinski definition) is 2. The quantitative estimate of drug-likeness (QED) is 0.564. The van der Waals surface area contributed by atoms with Crippen molar-refractivity contribution >= 4 is 0 Å². The van der Waals surface area contributed by atoms with Gasteiger partial charge in [-0.05, 0) is 17.8 Å². The predicted molar refractivity (Wildman–Crippen MR) is 36.5 cm³/mol. The summed E-state index contributed by atoms with van der Waals surface area (Å²) >= 11 is 0. The Kier molecular flexibility index (Phi) is 1.56. The fraction of sp³-hybridized carbons (Fsp3) is 1.00. The summed E-state index contributed by atoms with van der Waals surface area (Å²) in [6.07, 6.45) is 2.53. The van der Waals surface area contributed by atoms with Crippen molar-refractivity contribution in [3.05, 3.63) is 0 Å². The van der Waals surface area contributed by atoms with Crippen LogP contribution in [0.3, 0.4) is 0 Å². The zero-order valence-corrected chi connectivity index (χ0v) is 6.15. The van der Waals surface area contributed by atoms with Gasteiger partial charge in [-0.25, -0.2) is 5.53 Å². The van der Waals surface area contributed by atoms with Gasteiger partial charge < -0.3 is 0 Å². The van der Waals surface area contributed by atoms with Crippen molar-refractivity contribution in [1.82, 2.24) is 0 Å². The van der Waals surface area contributed by atoms with Crippen molar-refractivity contribution < 1.29 is 0 Å². The van der Waals surface area contributed by atoms with Gasteiger partial charge in [-0.1, -0.05) is 20.3 Å². The molecule has 1 unspecified atom stereocenters. The molecule has 1 rings (SSSR count). The standard InChI is InChI=1S/C7H14N2/c1-3-7(2)4-6(7)5-9-8/h6,8H,3-5H2,1-2H3/t6-,7?/m1/s1. The van der Waals surface area contributed by atoms with E-state index in [0.717, 1.165) is 12.5 Å². The SMILES string of the molecule is CCC1(C)C[C@@H]1CN=N. The summed E-state index contributed by atoms with van der Waals surface area (Å²) in [7, 11) is 0. The van der Waals surface area contributed by atoms with Gasteiger partial charge in [0.05, 0.1) is 6.54 Å². The number of nitrogens with one attached hydrogen (secondary N) is 1. The predicted octanol–water partition coefficient (Wildman–Crippen LogP) is 2.45. The average molecular weight is 126 g/mol. The van der Waals surface area contributed by atoms with E-state index in [4.69, 9.17) is 5.53 Å². The first-order chi connectivity index (χ1) is 4.23. The number of nitrogens with zero attached hydrogens (tertiary/aromatic N) is 1. The Bertz CT molecular complexity index is 122. The molecular formula is C7H14N2. The third-order valence-corrected chi connectivity index (χ3v) is 2.66. The van der Waals surface area contributed by atoms with E-state index in [1.54, 1.807) is 0 Å². The van der Waals surface area contributed by atoms with Crippen LogP contribution in [0.1, 0.15) is 26.7 Å². The van der Waals surface area contributed by atoms with Crippen LogP contribution in [-0.2, 0) is 0 Å². The van der Waals surface area contributed by atoms with Crippen molar-refractivity contribution in [1.29, 1.82) is 5.53 Å². The molecule has 1 saturated carbocycles. The summed E-state index contributed by atoms with van der Waals surface area (Å²) in [6, 6.07) is 0. The third kappa shape index (κ3) is 1.12. The molecule has 0 aromatic carbocycles. The van der Waals surface area contributed by atoms with Crippen molar-refractivity contribution in [2.24, 2.45) is 16.4 Å². The van der Waals surface area contributed by atoms with E-state index >= 15 is 0 Å². The van der Waals surface area contributed by atoms with E-state index in [9.17, 15) is 0 Å². The molecule has 9 heavy (non-hydrogen) atoms. The van der Waals surface area contributed by atoms with Crippen molar-refractivity contribution in [2.45, 2.75) is 26.7 Å². The molecule has 2 heteroatoms. The first kappa shape index (κ1) is 6.72. The van der Waals surface area contributed by atoms with E-state index < -0.39 is 0 Å². The molecule has 0 aliphatic heterocycles. The van der Waals surface area contributed by atoms with Crippen molar-refractivity contribution in [3.63, 3.8) is 0 Å². The van der Waals surface area contributed by atoms with Gasteiger partial charge in [0.2, 0.25) is 0 Å². The van der Waals surface area contributed by atoms with Gasteiger partial charge >= 0.3 is 0 Å². The highest BCUT2D eigenvalue weighted by atomic mass is 15.0. The van der Waals surface area contributed by atoms with Crippen LogP contribution in [0.4, 0.5) is 0 Å². The Hall–Kier alpha value is -0.400. The van der Waals surface area contributed by atoms with E-state index in [0.29, 0.717) is 5.41 Å². The van der Waals surface area contributed by atoms with Crippen LogP contribution >= 0.6 is 0 Å². The molecule has 2 atom stereocenters. The fourth-order valence-corrected chi connectivity index (χ4v) is 1.33. The summed E-state index contributed by atoms with van der Waals surface area (Å²) in [4.78, 5) is 0. The minimum atomic E-state index is 0.546. The molecule has 0 amide bonds. The molecule has 0 spiro atoms. The summed E-state index contributed by atoms with van der Waals surface area (Å²) in [6.45, 7) is 5.25. The maximum atomic E-state index is 6.65. The monoisotopic (exact) mass is 126 g/mol. The second-order valence-electron chi connectivity index (χ2n) is 3.25. The summed E-state index contributed by atoms with van der Waals surface area (Å²) in [5.41, 5.74) is 7.20. The average Bonchev–Trinajstić information content (AvgIpc) is 2.46. The van der Waals surface area contributed by atoms with Crippen molar-refractivity contribution in [2.75, 3.05) is 6.54 Å². The molecular weight excluding hydrogens is 112 g/mol. The second kappa shape index (κ2) is 2.09. The van der Waals surface area contributed by atoms with Gasteiger partial charge in [0.1, 0.15) is 0 Å². The lowest BCUT2D eigenvalue weighted by molar-refractivity contribution is 0.484. The molecule has 1 aliphatic carbocycles. The van der Waals surface area contributed by atoms with Crippen LogP contribution in [0.5, 0.6) is 0 Å². The fourth-order valence-electron chi connectivity index (χ4n) is 1.33. The van der Waals surface area contributed by atoms with Crippen LogP contribution in [0.15, 0.2) is 5.11 Å². The van der Waals surface area contributed by atoms with Crippen LogP contribution in [0.25, 0.3) is 0 Å². The van der Waals surface area contributed by atoms with E-state index in [2.05, 4.69) is 19.0 Å². The molecule has 0 radical (unpaired) electrons. The Morgan fingerprint density at radius 2 is 2.44 bits per heavy atom. The number of hydrogen-bond donors (Lipinski definition) is 1. The molecule has 2 nitrogen and oxygen atoms in total. The van der Waals surface area contributed by atoms with E-state index in [-0.39, 0.29) is 0 Å². The second-order valence-corrected chi connectivity index (χ2v) is 3.25. The van der Waals surface area contributed by atoms with Crippen molar-refractivity contribution in [3.8, 4) is 0 Å². The molecule has 0 heterocycles. The van der Waals surface area contributed by atoms with Gasteiger partial charge in [-0.2, -0.15) is 5.11 Å². The highest BCUT2D eigenvalue weighted by Gasteiger charge is 2.47. The Morgan fingerprint density at radius 3 is 2.78 bits per heavy atom. The zero-order chi connectivity index (χ0) is 6.91. The van der Waals surface area contributed by atoms with Gasteiger partial charge in [0.25, 0.3) is 0 Å². The summed E-state index contributed by atoms with van der Waals surface area (Å²) in [5.74, 6) is 0.722. The molecule has 0 bridgehead atoms. The lowest BCUT2D eigenvalue weighted by atomic mass is 10.0. The molecule has 52 valence electrons. The molecule has 1 fully saturated rings. The third-order valence-electron chi connectivity index (χ3n) is 2.66. The molecule has 0 saturated heterocycles. The maximum Gasteiger partial charge on any atom is 0.0629 e. The van der Waals surface area contributed by atoms with Gasteiger partial charge in [-0.3, -0.25) is 0 Å². The van der Waals surface area contributed by atoms with Crippen LogP contribution in [0.2, 0.25) is 0 Å². The van der Waals surface area contributed by atoms with Gasteiger partial charge in [0, 0.05) is 0 Å². The topological polar surface area (TPSA) is 36.2 Å². The summed E-state index contributed by atoms with van der Waals surface area (Å²) in [5, 5.41) is 3.39. The lowest BCUT2D eigenvalue weighted by Crippen LogP contribution is -1.96. The highest BCUT2D eigenvalue weighted by molar-refractivity contribution is 4.98. The largest absolute Gasteiger partial charge is 0.210 e. The normalized spacial score (nSPS) is 40.4. The maximum absolute atomic E-state index is 6.65. The molecule has 1 N–H and O–H groups in total. The molecule has 1 aliphatic rings. The van der Waals surface area contributed by atoms with Crippen LogP contribution < -0.4 is 0 Å². The lowest BCUT2D eigenvalue weighted by Gasteiger charge is -2.02. The van der Waals surface area contributed by atoms with Gasteiger partial charge in [0.15, 0.2) is 0 Å². The van der Waals surface area contributed by atoms with Crippen LogP contribution in [-0.4, -0.2) is 6.54 Å². The first-order valence-corrected chi connectivity index (χ1v) is 3.56. The Labute approximate surface area is 56.2 Å². The molecule has 0 aromatic rings. The number of rotatable bonds is 3. The Morgan fingerprint density at radius 1 is 1.78 bits per heavy atom. The van der Waals surface area contributed by atoms with E-state index in [1.807, 2.05) is 0 Å². The minimum Gasteiger partial charge on any atom is -0.210 e. The van der Waals surface area contributed by atoms with E-state index in [1.165, 1.54) is 12.8 Å². The first-order valence-electron chi connectivity index (χ1n) is 3.56. The zero-order valence-electron chi connectivity index (χ0n) is 6.15. The Balaban J connectivity index is 2.29. The smallest absolute Gasteiger partial charge is 0.0629 e.